The first-order valence-corrected chi connectivity index (χ1v) is 4.11. The van der Waals surface area contributed by atoms with Crippen molar-refractivity contribution in [2.24, 2.45) is 0 Å². The van der Waals surface area contributed by atoms with Crippen molar-refractivity contribution in [2.75, 3.05) is 14.2 Å². The van der Waals surface area contributed by atoms with E-state index in [1.807, 2.05) is 0 Å². The monoisotopic (exact) mass is 213 g/mol. The summed E-state index contributed by atoms with van der Waals surface area (Å²) in [6, 6.07) is 2.46. The molecule has 0 saturated heterocycles. The molecule has 0 heterocycles. The maximum Gasteiger partial charge on any atom is 0.168 e. The Bertz CT molecular complexity index is 385. The van der Waals surface area contributed by atoms with Crippen LogP contribution < -0.4 is 9.47 Å². The standard InChI is InChI=1S/C10H9F2NO2/c1-14-9-6(3-4-13)10(15-2)8(12)5-7(9)11/h5H,3H2,1-2H3. The minimum Gasteiger partial charge on any atom is -0.493 e. The van der Waals surface area contributed by atoms with Gasteiger partial charge in [0.2, 0.25) is 0 Å². The summed E-state index contributed by atoms with van der Waals surface area (Å²) in [7, 11) is 2.49. The molecule has 1 aromatic carbocycles. The molecule has 1 aromatic rings. The number of hydrogen-bond acceptors (Lipinski definition) is 3. The number of methoxy groups -OCH3 is 2. The van der Waals surface area contributed by atoms with Gasteiger partial charge in [-0.15, -0.1) is 0 Å². The Morgan fingerprint density at radius 2 is 1.67 bits per heavy atom. The number of hydrogen-bond donors (Lipinski definition) is 0. The lowest BCUT2D eigenvalue weighted by atomic mass is 10.1. The van der Waals surface area contributed by atoms with Gasteiger partial charge in [-0.1, -0.05) is 0 Å². The van der Waals surface area contributed by atoms with Gasteiger partial charge >= 0.3 is 0 Å². The highest BCUT2D eigenvalue weighted by Gasteiger charge is 2.19. The third kappa shape index (κ3) is 1.99. The molecule has 0 radical (unpaired) electrons. The predicted octanol–water partition coefficient (Wildman–Crippen LogP) is 2.05. The lowest BCUT2D eigenvalue weighted by Crippen LogP contribution is -2.01. The average molecular weight is 213 g/mol. The van der Waals surface area contributed by atoms with Gasteiger partial charge in [0, 0.05) is 6.07 Å². The summed E-state index contributed by atoms with van der Waals surface area (Å²) in [4.78, 5) is 0. The molecule has 0 aliphatic carbocycles. The molecule has 0 fully saturated rings. The molecule has 0 bridgehead atoms. The minimum absolute atomic E-state index is 0.0833. The predicted molar refractivity (Wildman–Crippen MR) is 48.8 cm³/mol. The Kier molecular flexibility index (Phi) is 3.45. The van der Waals surface area contributed by atoms with E-state index in [2.05, 4.69) is 0 Å². The van der Waals surface area contributed by atoms with E-state index in [1.165, 1.54) is 14.2 Å². The zero-order valence-electron chi connectivity index (χ0n) is 8.30. The van der Waals surface area contributed by atoms with Crippen molar-refractivity contribution in [3.8, 4) is 17.6 Å². The molecule has 0 unspecified atom stereocenters. The highest BCUT2D eigenvalue weighted by atomic mass is 19.1. The zero-order chi connectivity index (χ0) is 11.4. The maximum absolute atomic E-state index is 13.2. The second-order valence-electron chi connectivity index (χ2n) is 2.72. The summed E-state index contributed by atoms with van der Waals surface area (Å²) in [5.41, 5.74) is 0.0833. The van der Waals surface area contributed by atoms with Gasteiger partial charge in [0.15, 0.2) is 23.1 Å². The van der Waals surface area contributed by atoms with E-state index in [0.717, 1.165) is 0 Å². The molecule has 15 heavy (non-hydrogen) atoms. The van der Waals surface area contributed by atoms with Crippen molar-refractivity contribution in [1.29, 1.82) is 5.26 Å². The molecule has 0 aliphatic rings. The summed E-state index contributed by atoms with van der Waals surface area (Å²) < 4.78 is 35.9. The fourth-order valence-electron chi connectivity index (χ4n) is 1.31. The number of rotatable bonds is 3. The van der Waals surface area contributed by atoms with Crippen molar-refractivity contribution >= 4 is 0 Å². The van der Waals surface area contributed by atoms with E-state index in [0.29, 0.717) is 6.07 Å². The lowest BCUT2D eigenvalue weighted by molar-refractivity contribution is 0.351. The average Bonchev–Trinajstić information content (AvgIpc) is 2.18. The third-order valence-electron chi connectivity index (χ3n) is 1.90. The van der Waals surface area contributed by atoms with E-state index in [4.69, 9.17) is 14.7 Å². The second-order valence-corrected chi connectivity index (χ2v) is 2.72. The first-order chi connectivity index (χ1) is 7.15. The molecule has 0 saturated carbocycles. The van der Waals surface area contributed by atoms with Gasteiger partial charge in [0.05, 0.1) is 32.3 Å². The minimum atomic E-state index is -0.846. The Morgan fingerprint density at radius 3 is 2.00 bits per heavy atom. The van der Waals surface area contributed by atoms with Crippen LogP contribution >= 0.6 is 0 Å². The van der Waals surface area contributed by atoms with Crippen molar-refractivity contribution in [3.05, 3.63) is 23.3 Å². The molecule has 80 valence electrons. The molecule has 0 N–H and O–H groups in total. The molecule has 0 spiro atoms. The fourth-order valence-corrected chi connectivity index (χ4v) is 1.31. The van der Waals surface area contributed by atoms with E-state index in [1.54, 1.807) is 6.07 Å². The van der Waals surface area contributed by atoms with Crippen LogP contribution in [0, 0.1) is 23.0 Å². The number of ether oxygens (including phenoxy) is 2. The zero-order valence-corrected chi connectivity index (χ0v) is 8.30. The molecular formula is C10H9F2NO2. The molecular weight excluding hydrogens is 204 g/mol. The van der Waals surface area contributed by atoms with Crippen LogP contribution in [0.1, 0.15) is 5.56 Å². The molecule has 0 atom stereocenters. The van der Waals surface area contributed by atoms with Gasteiger partial charge in [-0.05, 0) is 0 Å². The third-order valence-corrected chi connectivity index (χ3v) is 1.90. The SMILES string of the molecule is COc1c(F)cc(F)c(OC)c1CC#N. The van der Waals surface area contributed by atoms with Gasteiger partial charge in [-0.3, -0.25) is 0 Å². The van der Waals surface area contributed by atoms with Crippen LogP contribution in [0.4, 0.5) is 8.78 Å². The Labute approximate surface area is 85.8 Å². The molecule has 1 rings (SSSR count). The topological polar surface area (TPSA) is 42.2 Å². The van der Waals surface area contributed by atoms with Crippen molar-refractivity contribution < 1.29 is 18.3 Å². The molecule has 0 aliphatic heterocycles. The van der Waals surface area contributed by atoms with Gasteiger partial charge in [0.25, 0.3) is 0 Å². The van der Waals surface area contributed by atoms with E-state index >= 15 is 0 Å². The first kappa shape index (κ1) is 11.2. The van der Waals surface area contributed by atoms with Crippen LogP contribution in [0.25, 0.3) is 0 Å². The highest BCUT2D eigenvalue weighted by Crippen LogP contribution is 2.34. The Balaban J connectivity index is 3.45. The van der Waals surface area contributed by atoms with Crippen LogP contribution in [-0.4, -0.2) is 14.2 Å². The van der Waals surface area contributed by atoms with Crippen molar-refractivity contribution in [1.82, 2.24) is 0 Å². The summed E-state index contributed by atoms with van der Waals surface area (Å²) in [5, 5.41) is 8.54. The smallest absolute Gasteiger partial charge is 0.168 e. The molecule has 0 amide bonds. The van der Waals surface area contributed by atoms with Crippen molar-refractivity contribution in [3.63, 3.8) is 0 Å². The molecule has 5 heteroatoms. The fraction of sp³-hybridized carbons (Fsp3) is 0.300. The summed E-state index contributed by atoms with van der Waals surface area (Å²) in [5.74, 6) is -2.01. The Morgan fingerprint density at radius 1 is 1.20 bits per heavy atom. The van der Waals surface area contributed by atoms with Crippen LogP contribution in [-0.2, 0) is 6.42 Å². The first-order valence-electron chi connectivity index (χ1n) is 4.11. The normalized spacial score (nSPS) is 9.53. The van der Waals surface area contributed by atoms with Gasteiger partial charge in [-0.25, -0.2) is 8.78 Å². The largest absolute Gasteiger partial charge is 0.493 e. The lowest BCUT2D eigenvalue weighted by Gasteiger charge is -2.12. The second kappa shape index (κ2) is 4.60. The van der Waals surface area contributed by atoms with E-state index in [-0.39, 0.29) is 23.5 Å². The van der Waals surface area contributed by atoms with Crippen LogP contribution in [0.5, 0.6) is 11.5 Å². The molecule has 3 nitrogen and oxygen atoms in total. The number of nitriles is 1. The summed E-state index contributed by atoms with van der Waals surface area (Å²) in [6.45, 7) is 0. The van der Waals surface area contributed by atoms with Crippen LogP contribution in [0.3, 0.4) is 0 Å². The van der Waals surface area contributed by atoms with Gasteiger partial charge in [-0.2, -0.15) is 5.26 Å². The van der Waals surface area contributed by atoms with Gasteiger partial charge in [0.1, 0.15) is 0 Å². The maximum atomic E-state index is 13.2. The molecule has 0 aromatic heterocycles. The summed E-state index contributed by atoms with van der Waals surface area (Å²) >= 11 is 0. The van der Waals surface area contributed by atoms with Crippen LogP contribution in [0.2, 0.25) is 0 Å². The van der Waals surface area contributed by atoms with E-state index in [9.17, 15) is 8.78 Å². The quantitative estimate of drug-likeness (QED) is 0.771. The van der Waals surface area contributed by atoms with Gasteiger partial charge < -0.3 is 9.47 Å². The number of nitrogens with zero attached hydrogens (tertiary/aromatic N) is 1. The van der Waals surface area contributed by atoms with Crippen LogP contribution in [0.15, 0.2) is 6.07 Å². The van der Waals surface area contributed by atoms with E-state index < -0.39 is 11.6 Å². The van der Waals surface area contributed by atoms with Crippen molar-refractivity contribution in [2.45, 2.75) is 6.42 Å². The Hall–Kier alpha value is -1.83. The number of benzene rings is 1. The number of halogens is 2. The summed E-state index contributed by atoms with van der Waals surface area (Å²) in [6.07, 6.45) is -0.180. The highest BCUT2D eigenvalue weighted by molar-refractivity contribution is 5.48.